The number of rotatable bonds is 7. The van der Waals surface area contributed by atoms with E-state index in [1.165, 1.54) is 48.5 Å². The van der Waals surface area contributed by atoms with E-state index in [4.69, 9.17) is 21.1 Å². The summed E-state index contributed by atoms with van der Waals surface area (Å²) in [6.45, 7) is 5.38. The van der Waals surface area contributed by atoms with Gasteiger partial charge in [-0.3, -0.25) is 19.8 Å². The standard InChI is InChI=1S/C21H20ClN3O5S/c1-12-7-13(2)20(17(22)8-12)24(14(3)26)21-23-15(11-31-21)10-30-18-6-5-16(25(27)28)9-19(18)29-4/h5-9,11H,10H2,1-4H3. The molecule has 1 heterocycles. The van der Waals surface area contributed by atoms with E-state index in [0.29, 0.717) is 27.3 Å². The molecule has 0 unspecified atom stereocenters. The second-order valence-electron chi connectivity index (χ2n) is 6.77. The summed E-state index contributed by atoms with van der Waals surface area (Å²) >= 11 is 7.72. The number of aromatic nitrogens is 1. The van der Waals surface area contributed by atoms with Crippen LogP contribution >= 0.6 is 22.9 Å². The van der Waals surface area contributed by atoms with Gasteiger partial charge in [0.15, 0.2) is 16.6 Å². The highest BCUT2D eigenvalue weighted by atomic mass is 35.5. The van der Waals surface area contributed by atoms with Crippen LogP contribution in [0.25, 0.3) is 0 Å². The summed E-state index contributed by atoms with van der Waals surface area (Å²) in [4.78, 5) is 28.8. The molecular weight excluding hydrogens is 442 g/mol. The molecule has 0 atom stereocenters. The number of carbonyl (C=O) groups excluding carboxylic acids is 1. The maximum Gasteiger partial charge on any atom is 0.273 e. The average Bonchev–Trinajstić information content (AvgIpc) is 3.16. The third-order valence-electron chi connectivity index (χ3n) is 4.40. The van der Waals surface area contributed by atoms with Crippen LogP contribution in [0.5, 0.6) is 11.5 Å². The van der Waals surface area contributed by atoms with E-state index in [2.05, 4.69) is 4.98 Å². The molecule has 0 saturated heterocycles. The molecule has 31 heavy (non-hydrogen) atoms. The zero-order valence-corrected chi connectivity index (χ0v) is 18.9. The van der Waals surface area contributed by atoms with Crippen LogP contribution in [-0.4, -0.2) is 22.9 Å². The van der Waals surface area contributed by atoms with Crippen molar-refractivity contribution in [2.24, 2.45) is 0 Å². The van der Waals surface area contributed by atoms with Gasteiger partial charge in [-0.2, -0.15) is 0 Å². The monoisotopic (exact) mass is 461 g/mol. The van der Waals surface area contributed by atoms with Crippen molar-refractivity contribution in [2.75, 3.05) is 12.0 Å². The van der Waals surface area contributed by atoms with Crippen LogP contribution in [0.1, 0.15) is 23.7 Å². The number of nitrogens with zero attached hydrogens (tertiary/aromatic N) is 3. The van der Waals surface area contributed by atoms with Gasteiger partial charge in [-0.15, -0.1) is 11.3 Å². The fourth-order valence-electron chi connectivity index (χ4n) is 3.09. The quantitative estimate of drug-likeness (QED) is 0.336. The number of nitro groups is 1. The minimum Gasteiger partial charge on any atom is -0.493 e. The van der Waals surface area contributed by atoms with E-state index in [9.17, 15) is 14.9 Å². The van der Waals surface area contributed by atoms with Gasteiger partial charge in [0.2, 0.25) is 5.91 Å². The second-order valence-corrected chi connectivity index (χ2v) is 8.01. The smallest absolute Gasteiger partial charge is 0.273 e. The van der Waals surface area contributed by atoms with Gasteiger partial charge in [-0.25, -0.2) is 4.98 Å². The van der Waals surface area contributed by atoms with Crippen LogP contribution < -0.4 is 14.4 Å². The van der Waals surface area contributed by atoms with Crippen LogP contribution in [0.4, 0.5) is 16.5 Å². The van der Waals surface area contributed by atoms with Crippen LogP contribution in [0.3, 0.4) is 0 Å². The van der Waals surface area contributed by atoms with E-state index >= 15 is 0 Å². The van der Waals surface area contributed by atoms with E-state index < -0.39 is 4.92 Å². The molecule has 0 spiro atoms. The molecule has 0 aliphatic heterocycles. The molecule has 0 fully saturated rings. The van der Waals surface area contributed by atoms with Gasteiger partial charge in [0.1, 0.15) is 6.61 Å². The topological polar surface area (TPSA) is 94.8 Å². The highest BCUT2D eigenvalue weighted by molar-refractivity contribution is 7.14. The first kappa shape index (κ1) is 22.5. The number of thiazole rings is 1. The zero-order valence-electron chi connectivity index (χ0n) is 17.3. The number of methoxy groups -OCH3 is 1. The molecular formula is C21H20ClN3O5S. The molecule has 0 aliphatic rings. The maximum atomic E-state index is 12.4. The van der Waals surface area contributed by atoms with Gasteiger partial charge < -0.3 is 9.47 Å². The van der Waals surface area contributed by atoms with E-state index in [0.717, 1.165) is 11.1 Å². The summed E-state index contributed by atoms with van der Waals surface area (Å²) in [7, 11) is 1.41. The fraction of sp³-hybridized carbons (Fsp3) is 0.238. The predicted octanol–water partition coefficient (Wildman–Crippen LogP) is 5.59. The van der Waals surface area contributed by atoms with E-state index in [1.807, 2.05) is 19.9 Å². The summed E-state index contributed by atoms with van der Waals surface area (Å²) < 4.78 is 10.9. The van der Waals surface area contributed by atoms with Crippen molar-refractivity contribution in [1.82, 2.24) is 4.98 Å². The number of benzene rings is 2. The van der Waals surface area contributed by atoms with Crippen molar-refractivity contribution in [3.63, 3.8) is 0 Å². The van der Waals surface area contributed by atoms with Crippen molar-refractivity contribution in [1.29, 1.82) is 0 Å². The van der Waals surface area contributed by atoms with Gasteiger partial charge in [-0.05, 0) is 37.1 Å². The number of ether oxygens (including phenoxy) is 2. The lowest BCUT2D eigenvalue weighted by Crippen LogP contribution is -2.24. The Hall–Kier alpha value is -3.17. The van der Waals surface area contributed by atoms with Gasteiger partial charge in [-0.1, -0.05) is 17.7 Å². The first-order valence-corrected chi connectivity index (χ1v) is 10.4. The van der Waals surface area contributed by atoms with Crippen LogP contribution in [0, 0.1) is 24.0 Å². The number of hydrogen-bond donors (Lipinski definition) is 0. The fourth-order valence-corrected chi connectivity index (χ4v) is 4.35. The van der Waals surface area contributed by atoms with Gasteiger partial charge >= 0.3 is 0 Å². The molecule has 2 aromatic carbocycles. The Morgan fingerprint density at radius 2 is 2.00 bits per heavy atom. The first-order valence-electron chi connectivity index (χ1n) is 9.18. The SMILES string of the molecule is COc1cc([N+](=O)[O-])ccc1OCc1csc(N(C(C)=O)c2c(C)cc(C)cc2Cl)n1. The number of non-ortho nitro benzene ring substituents is 1. The van der Waals surface area contributed by atoms with Crippen LogP contribution in [0.15, 0.2) is 35.7 Å². The Bertz CT molecular complexity index is 1120. The maximum absolute atomic E-state index is 12.4. The molecule has 8 nitrogen and oxygen atoms in total. The summed E-state index contributed by atoms with van der Waals surface area (Å²) in [6, 6.07) is 7.86. The van der Waals surface area contributed by atoms with E-state index in [1.54, 1.807) is 11.4 Å². The Kier molecular flexibility index (Phi) is 6.77. The molecule has 0 aliphatic carbocycles. The van der Waals surface area contributed by atoms with Crippen molar-refractivity contribution in [3.8, 4) is 11.5 Å². The second kappa shape index (κ2) is 9.32. The number of amides is 1. The Morgan fingerprint density at radius 3 is 2.61 bits per heavy atom. The lowest BCUT2D eigenvalue weighted by Gasteiger charge is -2.22. The number of halogens is 1. The molecule has 0 saturated carbocycles. The summed E-state index contributed by atoms with van der Waals surface area (Å²) in [6.07, 6.45) is 0. The molecule has 10 heteroatoms. The molecule has 162 valence electrons. The molecule has 3 rings (SSSR count). The minimum atomic E-state index is -0.506. The number of hydrogen-bond acceptors (Lipinski definition) is 7. The molecule has 1 amide bonds. The molecule has 0 N–H and O–H groups in total. The zero-order chi connectivity index (χ0) is 22.7. The highest BCUT2D eigenvalue weighted by Gasteiger charge is 2.23. The normalized spacial score (nSPS) is 10.6. The van der Waals surface area contributed by atoms with Crippen molar-refractivity contribution < 1.29 is 19.2 Å². The number of aryl methyl sites for hydroxylation is 2. The average molecular weight is 462 g/mol. The van der Waals surface area contributed by atoms with Crippen LogP contribution in [0.2, 0.25) is 5.02 Å². The third kappa shape index (κ3) is 4.95. The molecule has 1 aromatic heterocycles. The molecule has 0 radical (unpaired) electrons. The van der Waals surface area contributed by atoms with Gasteiger partial charge in [0, 0.05) is 18.4 Å². The predicted molar refractivity (Wildman–Crippen MR) is 120 cm³/mol. The van der Waals surface area contributed by atoms with Crippen LogP contribution in [-0.2, 0) is 11.4 Å². The number of carbonyl (C=O) groups is 1. The minimum absolute atomic E-state index is 0.0943. The number of nitro benzene ring substituents is 1. The van der Waals surface area contributed by atoms with Crippen molar-refractivity contribution >= 4 is 45.4 Å². The van der Waals surface area contributed by atoms with Gasteiger partial charge in [0.05, 0.1) is 34.5 Å². The lowest BCUT2D eigenvalue weighted by atomic mass is 10.1. The molecule has 0 bridgehead atoms. The Labute approximate surface area is 188 Å². The summed E-state index contributed by atoms with van der Waals surface area (Å²) in [5.74, 6) is 0.383. The third-order valence-corrected chi connectivity index (χ3v) is 5.56. The summed E-state index contributed by atoms with van der Waals surface area (Å²) in [5, 5.41) is 13.6. The van der Waals surface area contributed by atoms with Gasteiger partial charge in [0.25, 0.3) is 5.69 Å². The number of anilines is 2. The van der Waals surface area contributed by atoms with Crippen molar-refractivity contribution in [2.45, 2.75) is 27.4 Å². The summed E-state index contributed by atoms with van der Waals surface area (Å²) in [5.41, 5.74) is 2.96. The lowest BCUT2D eigenvalue weighted by molar-refractivity contribution is -0.385. The molecule has 3 aromatic rings. The van der Waals surface area contributed by atoms with E-state index in [-0.39, 0.29) is 24.0 Å². The first-order chi connectivity index (χ1) is 14.7. The Morgan fingerprint density at radius 1 is 1.26 bits per heavy atom. The Balaban J connectivity index is 1.84. The highest BCUT2D eigenvalue weighted by Crippen LogP contribution is 2.38. The van der Waals surface area contributed by atoms with Crippen molar-refractivity contribution in [3.05, 3.63) is 67.7 Å². The largest absolute Gasteiger partial charge is 0.493 e.